The molecular formula is C50H85N3O17. The summed E-state index contributed by atoms with van der Waals surface area (Å²) >= 11 is 0. The monoisotopic (exact) mass is 1000 g/mol. The molecule has 0 spiro atoms. The second-order valence-corrected chi connectivity index (χ2v) is 20.4. The van der Waals surface area contributed by atoms with Crippen LogP contribution in [-0.2, 0) is 76.0 Å². The molecule has 5 aliphatic heterocycles. The Labute approximate surface area is 414 Å². The van der Waals surface area contributed by atoms with E-state index in [4.69, 9.17) is 67.1 Å². The van der Waals surface area contributed by atoms with Crippen molar-refractivity contribution in [2.75, 3.05) is 19.8 Å². The van der Waals surface area contributed by atoms with E-state index in [9.17, 15) is 19.5 Å². The number of azide groups is 1. The lowest BCUT2D eigenvalue weighted by atomic mass is 9.82. The lowest BCUT2D eigenvalue weighted by Gasteiger charge is -2.51. The molecule has 70 heavy (non-hydrogen) atoms. The van der Waals surface area contributed by atoms with Gasteiger partial charge in [0.25, 0.3) is 0 Å². The van der Waals surface area contributed by atoms with Crippen LogP contribution >= 0.6 is 0 Å². The van der Waals surface area contributed by atoms with Gasteiger partial charge in [-0.2, -0.15) is 0 Å². The van der Waals surface area contributed by atoms with E-state index in [-0.39, 0.29) is 91.5 Å². The number of nitrogens with zero attached hydrogens (tertiary/aromatic N) is 3. The third-order valence-electron chi connectivity index (χ3n) is 15.9. The SMILES string of the molecule is CCC1O[C@H](OCC2O[C@@H](O[C@@H]3C(CC)O[C@@H](O[C@@H]4C(CC)O[C@@H](OCCN=[N+]=[N-])C(C)[C@H]4C)C(C)[C@H]3C)C(OC(C)=O)[C@@H](O[C@H]3O[C@@H](CC)[C@@H](C)C(C)C3OC(C)=O)[C@@H]2O)C(OC(C)=O)[C@@H](C)[C@@H]1C. The minimum atomic E-state index is -1.53. The Morgan fingerprint density at radius 1 is 0.471 bits per heavy atom. The van der Waals surface area contributed by atoms with Gasteiger partial charge in [-0.3, -0.25) is 14.4 Å². The Morgan fingerprint density at radius 2 is 0.857 bits per heavy atom. The molecular weight excluding hydrogens is 915 g/mol. The molecule has 5 fully saturated rings. The van der Waals surface area contributed by atoms with Crippen LogP contribution in [0, 0.1) is 47.3 Å². The van der Waals surface area contributed by atoms with Gasteiger partial charge in [0, 0.05) is 55.9 Å². The number of aliphatic hydroxyl groups excluding tert-OH is 1. The fraction of sp³-hybridized carbons (Fsp3) is 0.940. The number of carbonyl (C=O) groups is 3. The van der Waals surface area contributed by atoms with Gasteiger partial charge in [0.05, 0.1) is 49.8 Å². The molecule has 5 heterocycles. The standard InChI is InChI=1S/C50H85N3O17/c1-16-34-23(5)25(7)42(60-31(13)54)48(63-34)59-22-38-39(57)44(70-49-43(61-32(14)55)26(8)24(6)35(17-2)64-49)45(62-33(15)56)50(67-38)69-41-28(10)30(12)47(66-37(41)19-4)68-40-27(9)29(11)46(65-36(40)18-3)58-21-20-52-53-51/h23-30,34-50,57H,16-22H2,1-15H3/t23-,24-,25-,26?,27+,28+,29?,30?,34?,35-,36?,37?,38?,39+,40-,41-,42?,43?,44-,45?,46+,47-,48-,49+,50-/m0/s1. The van der Waals surface area contributed by atoms with Crippen molar-refractivity contribution in [3.63, 3.8) is 0 Å². The number of hydrogen-bond donors (Lipinski definition) is 1. The van der Waals surface area contributed by atoms with Crippen molar-refractivity contribution < 1.29 is 81.1 Å². The van der Waals surface area contributed by atoms with Crippen molar-refractivity contribution in [2.45, 2.75) is 234 Å². The Kier molecular flexibility index (Phi) is 22.0. The van der Waals surface area contributed by atoms with Crippen LogP contribution < -0.4 is 0 Å². The molecule has 10 unspecified atom stereocenters. The number of hydrogen-bond acceptors (Lipinski definition) is 18. The van der Waals surface area contributed by atoms with E-state index in [2.05, 4.69) is 23.9 Å². The normalized spacial score (nSPS) is 44.4. The maximum Gasteiger partial charge on any atom is 0.303 e. The van der Waals surface area contributed by atoms with Crippen molar-refractivity contribution in [3.8, 4) is 0 Å². The van der Waals surface area contributed by atoms with Crippen molar-refractivity contribution >= 4 is 17.9 Å². The zero-order valence-electron chi connectivity index (χ0n) is 44.2. The van der Waals surface area contributed by atoms with Gasteiger partial charge in [0.2, 0.25) is 0 Å². The summed E-state index contributed by atoms with van der Waals surface area (Å²) in [6.45, 7) is 28.3. The summed E-state index contributed by atoms with van der Waals surface area (Å²) in [7, 11) is 0. The molecule has 0 aromatic heterocycles. The zero-order valence-corrected chi connectivity index (χ0v) is 44.2. The first-order valence-corrected chi connectivity index (χ1v) is 25.9. The van der Waals surface area contributed by atoms with Crippen molar-refractivity contribution in [1.29, 1.82) is 0 Å². The molecule has 0 aromatic carbocycles. The minimum Gasteiger partial charge on any atom is -0.457 e. The van der Waals surface area contributed by atoms with Crippen LogP contribution in [0.3, 0.4) is 0 Å². The van der Waals surface area contributed by atoms with E-state index in [0.29, 0.717) is 25.7 Å². The summed E-state index contributed by atoms with van der Waals surface area (Å²) in [4.78, 5) is 40.8. The number of carbonyl (C=O) groups excluding carboxylic acids is 3. The van der Waals surface area contributed by atoms with Gasteiger partial charge in [-0.25, -0.2) is 0 Å². The average molecular weight is 1000 g/mol. The molecule has 0 aromatic rings. The van der Waals surface area contributed by atoms with E-state index in [1.165, 1.54) is 20.8 Å². The van der Waals surface area contributed by atoms with Crippen LogP contribution in [0.25, 0.3) is 10.4 Å². The van der Waals surface area contributed by atoms with Crippen LogP contribution in [0.4, 0.5) is 0 Å². The van der Waals surface area contributed by atoms with Gasteiger partial charge in [-0.15, -0.1) is 0 Å². The molecule has 0 saturated carbocycles. The molecule has 20 nitrogen and oxygen atoms in total. The third kappa shape index (κ3) is 13.7. The maximum absolute atomic E-state index is 13.1. The highest BCUT2D eigenvalue weighted by Crippen LogP contribution is 2.43. The zero-order chi connectivity index (χ0) is 51.7. The Morgan fingerprint density at radius 3 is 1.36 bits per heavy atom. The van der Waals surface area contributed by atoms with Gasteiger partial charge in [0.1, 0.15) is 18.3 Å². The van der Waals surface area contributed by atoms with Crippen LogP contribution in [0.1, 0.15) is 130 Å². The quantitative estimate of drug-likeness (QED) is 0.0323. The van der Waals surface area contributed by atoms with Crippen LogP contribution in [0.2, 0.25) is 0 Å². The number of ether oxygens (including phenoxy) is 13. The van der Waals surface area contributed by atoms with Gasteiger partial charge < -0.3 is 66.7 Å². The Bertz CT molecular complexity index is 1720. The van der Waals surface area contributed by atoms with Crippen LogP contribution in [0.5, 0.6) is 0 Å². The second-order valence-electron chi connectivity index (χ2n) is 20.4. The first kappa shape index (κ1) is 58.2. The summed E-state index contributed by atoms with van der Waals surface area (Å²) in [6, 6.07) is 0. The first-order valence-electron chi connectivity index (χ1n) is 25.9. The third-order valence-corrected chi connectivity index (χ3v) is 15.9. The van der Waals surface area contributed by atoms with E-state index in [1.54, 1.807) is 0 Å². The summed E-state index contributed by atoms with van der Waals surface area (Å²) in [5.74, 6) is -2.51. The summed E-state index contributed by atoms with van der Waals surface area (Å²) in [5, 5.41) is 16.0. The molecule has 5 saturated heterocycles. The van der Waals surface area contributed by atoms with E-state index in [1.807, 2.05) is 69.2 Å². The average Bonchev–Trinajstić information content (AvgIpc) is 3.32. The fourth-order valence-electron chi connectivity index (χ4n) is 10.9. The van der Waals surface area contributed by atoms with Gasteiger partial charge in [-0.05, 0) is 54.9 Å². The molecule has 402 valence electrons. The molecule has 0 aliphatic carbocycles. The highest BCUT2D eigenvalue weighted by molar-refractivity contribution is 5.67. The predicted molar refractivity (Wildman–Crippen MR) is 251 cm³/mol. The first-order chi connectivity index (χ1) is 33.2. The van der Waals surface area contributed by atoms with Crippen molar-refractivity contribution in [1.82, 2.24) is 0 Å². The topological polar surface area (TPSA) is 240 Å². The van der Waals surface area contributed by atoms with Gasteiger partial charge in [0.15, 0.2) is 49.8 Å². The molecule has 25 atom stereocenters. The fourth-order valence-corrected chi connectivity index (χ4v) is 10.9. The smallest absolute Gasteiger partial charge is 0.303 e. The summed E-state index contributed by atoms with van der Waals surface area (Å²) < 4.78 is 83.6. The van der Waals surface area contributed by atoms with E-state index in [0.717, 1.165) is 0 Å². The molecule has 20 heteroatoms. The predicted octanol–water partition coefficient (Wildman–Crippen LogP) is 6.99. The van der Waals surface area contributed by atoms with E-state index < -0.39 is 98.2 Å². The molecule has 0 radical (unpaired) electrons. The van der Waals surface area contributed by atoms with Crippen molar-refractivity contribution in [2.24, 2.45) is 52.5 Å². The molecule has 5 rings (SSSR count). The number of esters is 3. The lowest BCUT2D eigenvalue weighted by molar-refractivity contribution is -0.379. The Balaban J connectivity index is 1.45. The van der Waals surface area contributed by atoms with Crippen LogP contribution in [-0.4, -0.2) is 147 Å². The molecule has 0 bridgehead atoms. The maximum atomic E-state index is 13.1. The highest BCUT2D eigenvalue weighted by atomic mass is 16.8. The van der Waals surface area contributed by atoms with Gasteiger partial charge >= 0.3 is 17.9 Å². The minimum absolute atomic E-state index is 0.0148. The second kappa shape index (κ2) is 26.5. The highest BCUT2D eigenvalue weighted by Gasteiger charge is 2.56. The molecule has 0 amide bonds. The number of rotatable bonds is 20. The van der Waals surface area contributed by atoms with Crippen LogP contribution in [0.15, 0.2) is 5.11 Å². The number of aliphatic hydroxyl groups is 1. The summed E-state index contributed by atoms with van der Waals surface area (Å²) in [5.41, 5.74) is 8.71. The summed E-state index contributed by atoms with van der Waals surface area (Å²) in [6.07, 6.45) is -11.6. The van der Waals surface area contributed by atoms with E-state index >= 15 is 0 Å². The lowest BCUT2D eigenvalue weighted by Crippen LogP contribution is -2.65. The largest absolute Gasteiger partial charge is 0.457 e. The Hall–Kier alpha value is -2.72. The molecule has 1 N–H and O–H groups in total. The van der Waals surface area contributed by atoms with Gasteiger partial charge in [-0.1, -0.05) is 88.2 Å². The van der Waals surface area contributed by atoms with Crippen molar-refractivity contribution in [3.05, 3.63) is 10.4 Å². The molecule has 5 aliphatic rings.